The van der Waals surface area contributed by atoms with Crippen LogP contribution in [0.15, 0.2) is 47.4 Å². The van der Waals surface area contributed by atoms with Crippen molar-refractivity contribution in [2.75, 3.05) is 18.1 Å². The van der Waals surface area contributed by atoms with E-state index in [0.29, 0.717) is 6.54 Å². The Bertz CT molecular complexity index is 1060. The molecule has 2 aromatic carbocycles. The van der Waals surface area contributed by atoms with Gasteiger partial charge in [0.1, 0.15) is 0 Å². The number of benzene rings is 2. The SMILES string of the molecule is CSc1ccc(CN[C@H]2CCCC[C@H]2NC(=O)CNC(=O)c2cc(C(F)(F)F)ccc2NC(C)C)cc1. The van der Waals surface area contributed by atoms with Gasteiger partial charge in [-0.1, -0.05) is 25.0 Å². The number of alkyl halides is 3. The smallest absolute Gasteiger partial charge is 0.382 e. The second-order valence-corrected chi connectivity index (χ2v) is 10.4. The van der Waals surface area contributed by atoms with Gasteiger partial charge >= 0.3 is 6.18 Å². The Morgan fingerprint density at radius 1 is 1.03 bits per heavy atom. The van der Waals surface area contributed by atoms with Crippen molar-refractivity contribution < 1.29 is 22.8 Å². The fourth-order valence-corrected chi connectivity index (χ4v) is 4.81. The van der Waals surface area contributed by atoms with Gasteiger partial charge in [-0.15, -0.1) is 11.8 Å². The molecule has 1 fully saturated rings. The van der Waals surface area contributed by atoms with Crippen LogP contribution in [0.5, 0.6) is 0 Å². The van der Waals surface area contributed by atoms with Crippen LogP contribution < -0.4 is 21.3 Å². The minimum atomic E-state index is -4.58. The van der Waals surface area contributed by atoms with E-state index in [4.69, 9.17) is 0 Å². The lowest BCUT2D eigenvalue weighted by Crippen LogP contribution is -2.53. The van der Waals surface area contributed by atoms with Crippen LogP contribution in [-0.4, -0.2) is 42.7 Å². The molecule has 0 saturated heterocycles. The average molecular weight is 537 g/mol. The molecular weight excluding hydrogens is 501 g/mol. The van der Waals surface area contributed by atoms with Gasteiger partial charge in [0.15, 0.2) is 0 Å². The maximum absolute atomic E-state index is 13.2. The van der Waals surface area contributed by atoms with Gasteiger partial charge in [-0.2, -0.15) is 13.2 Å². The number of hydrogen-bond donors (Lipinski definition) is 4. The van der Waals surface area contributed by atoms with Crippen LogP contribution in [-0.2, 0) is 17.5 Å². The Morgan fingerprint density at radius 3 is 2.32 bits per heavy atom. The molecule has 0 aliphatic heterocycles. The average Bonchev–Trinajstić information content (AvgIpc) is 2.86. The first-order valence-corrected chi connectivity index (χ1v) is 13.7. The third kappa shape index (κ3) is 8.67. The standard InChI is InChI=1S/C27H35F3N4O2S/c1-17(2)33-22-13-10-19(27(28,29)30)14-21(22)26(36)32-16-25(35)34-24-7-5-4-6-23(24)31-15-18-8-11-20(37-3)12-9-18/h8-14,17,23-24,31,33H,4-7,15-16H2,1-3H3,(H,32,36)(H,34,35)/t23-,24+/m0/s1. The van der Waals surface area contributed by atoms with Gasteiger partial charge < -0.3 is 21.3 Å². The van der Waals surface area contributed by atoms with Gasteiger partial charge in [-0.25, -0.2) is 0 Å². The Morgan fingerprint density at radius 2 is 1.70 bits per heavy atom. The van der Waals surface area contributed by atoms with Crippen molar-refractivity contribution >= 4 is 29.3 Å². The molecule has 0 spiro atoms. The molecule has 0 bridgehead atoms. The maximum Gasteiger partial charge on any atom is 0.416 e. The minimum Gasteiger partial charge on any atom is -0.382 e. The second kappa shape index (κ2) is 13.2. The number of carbonyl (C=O) groups excluding carboxylic acids is 2. The normalized spacial score (nSPS) is 17.9. The molecule has 2 atom stereocenters. The summed E-state index contributed by atoms with van der Waals surface area (Å²) in [5.74, 6) is -1.11. The van der Waals surface area contributed by atoms with Crippen LogP contribution >= 0.6 is 11.8 Å². The van der Waals surface area contributed by atoms with E-state index in [1.807, 2.05) is 20.1 Å². The Hall–Kier alpha value is -2.72. The van der Waals surface area contributed by atoms with Crippen LogP contribution in [0.1, 0.15) is 61.0 Å². The summed E-state index contributed by atoms with van der Waals surface area (Å²) in [6, 6.07) is 11.2. The van der Waals surface area contributed by atoms with E-state index in [-0.39, 0.29) is 41.8 Å². The van der Waals surface area contributed by atoms with Gasteiger partial charge in [0.2, 0.25) is 5.91 Å². The van der Waals surface area contributed by atoms with Crippen LogP contribution in [0.25, 0.3) is 0 Å². The predicted molar refractivity (Wildman–Crippen MR) is 142 cm³/mol. The molecule has 37 heavy (non-hydrogen) atoms. The van der Waals surface area contributed by atoms with Crippen molar-refractivity contribution in [1.29, 1.82) is 0 Å². The van der Waals surface area contributed by atoms with Gasteiger partial charge in [0, 0.05) is 35.3 Å². The number of carbonyl (C=O) groups is 2. The van der Waals surface area contributed by atoms with Gasteiger partial charge in [0.25, 0.3) is 5.91 Å². The van der Waals surface area contributed by atoms with Gasteiger partial charge in [0.05, 0.1) is 17.7 Å². The Kier molecular flexibility index (Phi) is 10.3. The first kappa shape index (κ1) is 28.8. The molecule has 6 nitrogen and oxygen atoms in total. The molecule has 1 aliphatic carbocycles. The summed E-state index contributed by atoms with van der Waals surface area (Å²) < 4.78 is 39.7. The zero-order chi connectivity index (χ0) is 27.0. The molecule has 1 aliphatic rings. The molecule has 2 aromatic rings. The summed E-state index contributed by atoms with van der Waals surface area (Å²) in [7, 11) is 0. The highest BCUT2D eigenvalue weighted by atomic mass is 32.2. The van der Waals surface area contributed by atoms with Gasteiger partial charge in [-0.3, -0.25) is 9.59 Å². The third-order valence-corrected chi connectivity index (χ3v) is 7.03. The summed E-state index contributed by atoms with van der Waals surface area (Å²) in [5.41, 5.74) is 0.368. The lowest BCUT2D eigenvalue weighted by atomic mass is 9.90. The van der Waals surface area contributed by atoms with E-state index in [1.54, 1.807) is 11.8 Å². The molecule has 3 rings (SSSR count). The second-order valence-electron chi connectivity index (χ2n) is 9.53. The molecule has 4 N–H and O–H groups in total. The van der Waals surface area contributed by atoms with E-state index in [9.17, 15) is 22.8 Å². The maximum atomic E-state index is 13.2. The molecule has 0 heterocycles. The summed E-state index contributed by atoms with van der Waals surface area (Å²) >= 11 is 1.69. The lowest BCUT2D eigenvalue weighted by Gasteiger charge is -2.33. The Labute approximate surface area is 220 Å². The van der Waals surface area contributed by atoms with Crippen LogP contribution in [0.2, 0.25) is 0 Å². The van der Waals surface area contributed by atoms with E-state index < -0.39 is 17.6 Å². The van der Waals surface area contributed by atoms with Crippen molar-refractivity contribution in [3.05, 3.63) is 59.2 Å². The number of halogens is 3. The number of nitrogens with one attached hydrogen (secondary N) is 4. The summed E-state index contributed by atoms with van der Waals surface area (Å²) in [5, 5.41) is 12.0. The molecule has 10 heteroatoms. The van der Waals surface area contributed by atoms with E-state index >= 15 is 0 Å². The van der Waals surface area contributed by atoms with Crippen LogP contribution in [0.4, 0.5) is 18.9 Å². The molecule has 1 saturated carbocycles. The molecule has 202 valence electrons. The van der Waals surface area contributed by atoms with Gasteiger partial charge in [-0.05, 0) is 68.8 Å². The zero-order valence-corrected chi connectivity index (χ0v) is 22.2. The van der Waals surface area contributed by atoms with Crippen LogP contribution in [0.3, 0.4) is 0 Å². The summed E-state index contributed by atoms with van der Waals surface area (Å²) in [6.45, 7) is 4.00. The number of anilines is 1. The zero-order valence-electron chi connectivity index (χ0n) is 21.4. The highest BCUT2D eigenvalue weighted by Crippen LogP contribution is 2.32. The largest absolute Gasteiger partial charge is 0.416 e. The molecular formula is C27H35F3N4O2S. The molecule has 0 radical (unpaired) electrons. The first-order chi connectivity index (χ1) is 17.6. The third-order valence-electron chi connectivity index (χ3n) is 6.28. The van der Waals surface area contributed by atoms with E-state index in [0.717, 1.165) is 43.4 Å². The van der Waals surface area contributed by atoms with Crippen LogP contribution in [0, 0.1) is 0 Å². The van der Waals surface area contributed by atoms with Crippen molar-refractivity contribution in [1.82, 2.24) is 16.0 Å². The number of thioether (sulfide) groups is 1. The summed E-state index contributed by atoms with van der Waals surface area (Å²) in [6.07, 6.45) is 1.25. The topological polar surface area (TPSA) is 82.3 Å². The Balaban J connectivity index is 1.58. The lowest BCUT2D eigenvalue weighted by molar-refractivity contribution is -0.137. The quantitative estimate of drug-likeness (QED) is 0.314. The van der Waals surface area contributed by atoms with Crippen molar-refractivity contribution in [2.24, 2.45) is 0 Å². The molecule has 2 amide bonds. The van der Waals surface area contributed by atoms with Crippen molar-refractivity contribution in [3.8, 4) is 0 Å². The van der Waals surface area contributed by atoms with Crippen molar-refractivity contribution in [3.63, 3.8) is 0 Å². The molecule has 0 aromatic heterocycles. The minimum absolute atomic E-state index is 0.0876. The fraction of sp³-hybridized carbons (Fsp3) is 0.481. The number of rotatable bonds is 10. The molecule has 0 unspecified atom stereocenters. The van der Waals surface area contributed by atoms with E-state index in [1.165, 1.54) is 11.0 Å². The number of hydrogen-bond acceptors (Lipinski definition) is 5. The predicted octanol–water partition coefficient (Wildman–Crippen LogP) is 5.19. The first-order valence-electron chi connectivity index (χ1n) is 12.5. The highest BCUT2D eigenvalue weighted by molar-refractivity contribution is 7.98. The highest BCUT2D eigenvalue weighted by Gasteiger charge is 2.32. The fourth-order valence-electron chi connectivity index (χ4n) is 4.40. The van der Waals surface area contributed by atoms with E-state index in [2.05, 4.69) is 45.5 Å². The van der Waals surface area contributed by atoms with Crippen molar-refractivity contribution in [2.45, 2.75) is 75.3 Å². The summed E-state index contributed by atoms with van der Waals surface area (Å²) in [4.78, 5) is 26.7. The number of amides is 2. The monoisotopic (exact) mass is 536 g/mol.